The summed E-state index contributed by atoms with van der Waals surface area (Å²) in [6.07, 6.45) is 1.30. The van der Waals surface area contributed by atoms with Crippen LogP contribution in [-0.4, -0.2) is 32.1 Å². The third kappa shape index (κ3) is 2.28. The monoisotopic (exact) mass is 218 g/mol. The van der Waals surface area contributed by atoms with Crippen molar-refractivity contribution in [2.45, 2.75) is 19.4 Å². The van der Waals surface area contributed by atoms with Gasteiger partial charge in [0.2, 0.25) is 0 Å². The fourth-order valence-electron chi connectivity index (χ4n) is 2.88. The van der Waals surface area contributed by atoms with Crippen LogP contribution in [0.5, 0.6) is 0 Å². The van der Waals surface area contributed by atoms with Crippen LogP contribution in [0.25, 0.3) is 0 Å². The van der Waals surface area contributed by atoms with Gasteiger partial charge in [-0.25, -0.2) is 0 Å². The minimum absolute atomic E-state index is 0.590. The predicted molar refractivity (Wildman–Crippen MR) is 68.6 cm³/mol. The highest BCUT2D eigenvalue weighted by molar-refractivity contribution is 5.26. The van der Waals surface area contributed by atoms with E-state index in [0.29, 0.717) is 6.04 Å². The Balaban J connectivity index is 2.22. The molecular weight excluding hydrogens is 196 g/mol. The maximum Gasteiger partial charge on any atom is 0.0385 e. The molecule has 0 bridgehead atoms. The number of nitrogens with zero attached hydrogens (tertiary/aromatic N) is 1. The fourth-order valence-corrected chi connectivity index (χ4v) is 2.88. The summed E-state index contributed by atoms with van der Waals surface area (Å²) < 4.78 is 0. The van der Waals surface area contributed by atoms with Crippen molar-refractivity contribution in [3.8, 4) is 0 Å². The van der Waals surface area contributed by atoms with Crippen molar-refractivity contribution in [1.29, 1.82) is 0 Å². The first-order valence-corrected chi connectivity index (χ1v) is 6.14. The molecule has 2 rings (SSSR count). The van der Waals surface area contributed by atoms with Crippen LogP contribution >= 0.6 is 0 Å². The molecule has 0 aliphatic carbocycles. The van der Waals surface area contributed by atoms with E-state index >= 15 is 0 Å². The van der Waals surface area contributed by atoms with Crippen molar-refractivity contribution in [1.82, 2.24) is 10.2 Å². The summed E-state index contributed by atoms with van der Waals surface area (Å²) in [4.78, 5) is 2.48. The van der Waals surface area contributed by atoms with Gasteiger partial charge in [-0.1, -0.05) is 29.8 Å². The molecule has 0 aromatic heterocycles. The number of hydrogen-bond donors (Lipinski definition) is 1. The zero-order valence-electron chi connectivity index (χ0n) is 10.5. The molecular formula is C14H22N2. The maximum atomic E-state index is 3.32. The predicted octanol–water partition coefficient (Wildman–Crippen LogP) is 2.21. The molecule has 1 aliphatic heterocycles. The molecule has 2 nitrogen and oxygen atoms in total. The normalized spacial score (nSPS) is 26.2. The summed E-state index contributed by atoms with van der Waals surface area (Å²) >= 11 is 0. The minimum atomic E-state index is 0.590. The molecule has 0 amide bonds. The lowest BCUT2D eigenvalue weighted by molar-refractivity contribution is 0.274. The van der Waals surface area contributed by atoms with Crippen LogP contribution in [-0.2, 0) is 0 Å². The lowest BCUT2D eigenvalue weighted by Gasteiger charge is -2.25. The molecule has 0 radical (unpaired) electrons. The van der Waals surface area contributed by atoms with E-state index in [1.54, 1.807) is 0 Å². The first kappa shape index (κ1) is 11.6. The first-order valence-electron chi connectivity index (χ1n) is 6.14. The highest BCUT2D eigenvalue weighted by Crippen LogP contribution is 2.35. The van der Waals surface area contributed by atoms with Gasteiger partial charge in [0.05, 0.1) is 0 Å². The van der Waals surface area contributed by atoms with E-state index in [4.69, 9.17) is 0 Å². The van der Waals surface area contributed by atoms with Gasteiger partial charge in [0.25, 0.3) is 0 Å². The molecule has 2 unspecified atom stereocenters. The van der Waals surface area contributed by atoms with E-state index < -0.39 is 0 Å². The van der Waals surface area contributed by atoms with Crippen molar-refractivity contribution in [3.05, 3.63) is 35.4 Å². The average Bonchev–Trinajstić information content (AvgIpc) is 2.60. The van der Waals surface area contributed by atoms with Gasteiger partial charge in [0.15, 0.2) is 0 Å². The molecule has 2 heteroatoms. The van der Waals surface area contributed by atoms with E-state index in [0.717, 1.165) is 12.5 Å². The molecule has 1 fully saturated rings. The van der Waals surface area contributed by atoms with Gasteiger partial charge in [0, 0.05) is 6.04 Å². The van der Waals surface area contributed by atoms with Crippen molar-refractivity contribution in [2.75, 3.05) is 27.2 Å². The molecule has 0 saturated carbocycles. The number of benzene rings is 1. The Morgan fingerprint density at radius 1 is 1.44 bits per heavy atom. The fraction of sp³-hybridized carbons (Fsp3) is 0.571. The molecule has 2 atom stereocenters. The Hall–Kier alpha value is -0.860. The Morgan fingerprint density at radius 2 is 2.25 bits per heavy atom. The van der Waals surface area contributed by atoms with Crippen molar-refractivity contribution in [3.63, 3.8) is 0 Å². The third-order valence-corrected chi connectivity index (χ3v) is 3.62. The molecule has 16 heavy (non-hydrogen) atoms. The van der Waals surface area contributed by atoms with E-state index in [-0.39, 0.29) is 0 Å². The number of nitrogens with one attached hydrogen (secondary N) is 1. The molecule has 0 spiro atoms. The van der Waals surface area contributed by atoms with Crippen molar-refractivity contribution >= 4 is 0 Å². The van der Waals surface area contributed by atoms with E-state index in [2.05, 4.69) is 48.5 Å². The van der Waals surface area contributed by atoms with Gasteiger partial charge < -0.3 is 5.32 Å². The second-order valence-corrected chi connectivity index (χ2v) is 4.95. The van der Waals surface area contributed by atoms with Crippen molar-refractivity contribution in [2.24, 2.45) is 5.92 Å². The highest BCUT2D eigenvalue weighted by atomic mass is 15.2. The zero-order valence-corrected chi connectivity index (χ0v) is 10.5. The van der Waals surface area contributed by atoms with E-state index in [9.17, 15) is 0 Å². The zero-order chi connectivity index (χ0) is 11.5. The lowest BCUT2D eigenvalue weighted by Crippen LogP contribution is -2.26. The summed E-state index contributed by atoms with van der Waals surface area (Å²) in [7, 11) is 4.29. The van der Waals surface area contributed by atoms with Crippen LogP contribution in [0.3, 0.4) is 0 Å². The maximum absolute atomic E-state index is 3.32. The van der Waals surface area contributed by atoms with Crippen LogP contribution in [0, 0.1) is 12.8 Å². The topological polar surface area (TPSA) is 15.3 Å². The summed E-state index contributed by atoms with van der Waals surface area (Å²) in [5.41, 5.74) is 2.83. The second kappa shape index (κ2) is 4.98. The molecule has 1 heterocycles. The Kier molecular flexibility index (Phi) is 3.62. The van der Waals surface area contributed by atoms with Crippen molar-refractivity contribution < 1.29 is 0 Å². The first-order chi connectivity index (χ1) is 7.72. The summed E-state index contributed by atoms with van der Waals surface area (Å²) in [6, 6.07) is 9.53. The summed E-state index contributed by atoms with van der Waals surface area (Å²) in [5.74, 6) is 0.747. The Labute approximate surface area is 98.7 Å². The number of aryl methyl sites for hydroxylation is 1. The van der Waals surface area contributed by atoms with Crippen LogP contribution in [0.4, 0.5) is 0 Å². The Bertz CT molecular complexity index is 346. The minimum Gasteiger partial charge on any atom is -0.319 e. The molecule has 1 aliphatic rings. The molecule has 1 aromatic carbocycles. The SMILES string of the molecule is CNCC1CCN(C)C1c1cccc(C)c1. The van der Waals surface area contributed by atoms with Gasteiger partial charge in [-0.3, -0.25) is 4.90 Å². The number of hydrogen-bond acceptors (Lipinski definition) is 2. The third-order valence-electron chi connectivity index (χ3n) is 3.62. The standard InChI is InChI=1S/C14H22N2/c1-11-5-4-6-12(9-11)14-13(10-15-2)7-8-16(14)3/h4-6,9,13-15H,7-8,10H2,1-3H3. The smallest absolute Gasteiger partial charge is 0.0385 e. The van der Waals surface area contributed by atoms with Crippen LogP contribution < -0.4 is 5.32 Å². The molecule has 1 N–H and O–H groups in total. The van der Waals surface area contributed by atoms with Gasteiger partial charge in [-0.05, 0) is 52.0 Å². The lowest BCUT2D eigenvalue weighted by atomic mass is 9.93. The Morgan fingerprint density at radius 3 is 2.94 bits per heavy atom. The quantitative estimate of drug-likeness (QED) is 0.837. The second-order valence-electron chi connectivity index (χ2n) is 4.95. The van der Waals surface area contributed by atoms with E-state index in [1.807, 2.05) is 7.05 Å². The van der Waals surface area contributed by atoms with Gasteiger partial charge in [-0.15, -0.1) is 0 Å². The van der Waals surface area contributed by atoms with Gasteiger partial charge >= 0.3 is 0 Å². The summed E-state index contributed by atoms with van der Waals surface area (Å²) in [5, 5.41) is 3.32. The molecule has 1 saturated heterocycles. The van der Waals surface area contributed by atoms with E-state index in [1.165, 1.54) is 24.1 Å². The highest BCUT2D eigenvalue weighted by Gasteiger charge is 2.32. The van der Waals surface area contributed by atoms with Crippen LogP contribution in [0.15, 0.2) is 24.3 Å². The summed E-state index contributed by atoms with van der Waals surface area (Å²) in [6.45, 7) is 4.50. The van der Waals surface area contributed by atoms with Gasteiger partial charge in [0.1, 0.15) is 0 Å². The van der Waals surface area contributed by atoms with Gasteiger partial charge in [-0.2, -0.15) is 0 Å². The molecule has 88 valence electrons. The van der Waals surface area contributed by atoms with Crippen LogP contribution in [0.2, 0.25) is 0 Å². The largest absolute Gasteiger partial charge is 0.319 e. The number of rotatable bonds is 3. The number of likely N-dealkylation sites (tertiary alicyclic amines) is 1. The molecule has 1 aromatic rings. The average molecular weight is 218 g/mol. The van der Waals surface area contributed by atoms with Crippen LogP contribution in [0.1, 0.15) is 23.6 Å².